The molecule has 0 radical (unpaired) electrons. The molecule has 2 aromatic carbocycles. The Morgan fingerprint density at radius 2 is 1.07 bits per heavy atom. The molecule has 0 saturated heterocycles. The van der Waals surface area contributed by atoms with Gasteiger partial charge in [0.2, 0.25) is 0 Å². The summed E-state index contributed by atoms with van der Waals surface area (Å²) in [6.07, 6.45) is -6.73. The van der Waals surface area contributed by atoms with Crippen LogP contribution in [0.5, 0.6) is 17.2 Å². The van der Waals surface area contributed by atoms with Crippen LogP contribution in [-0.4, -0.2) is 27.0 Å². The second kappa shape index (κ2) is 13.8. The quantitative estimate of drug-likeness (QED) is 0.254. The molecule has 2 aromatic heterocycles. The van der Waals surface area contributed by atoms with Crippen LogP contribution >= 0.6 is 15.9 Å². The number of nitriles is 2. The maximum atomic E-state index is 12.1. The summed E-state index contributed by atoms with van der Waals surface area (Å²) in [5, 5.41) is 27.1. The maximum absolute atomic E-state index is 12.1. The van der Waals surface area contributed by atoms with E-state index in [1.807, 2.05) is 0 Å². The van der Waals surface area contributed by atoms with Crippen LogP contribution in [0.2, 0.25) is 0 Å². The molecule has 0 atom stereocenters. The summed E-state index contributed by atoms with van der Waals surface area (Å²) >= 11 is 3.11. The molecule has 228 valence electrons. The topological polar surface area (TPSA) is 130 Å². The van der Waals surface area contributed by atoms with Crippen LogP contribution in [0.1, 0.15) is 22.3 Å². The van der Waals surface area contributed by atoms with Crippen molar-refractivity contribution in [3.8, 4) is 29.4 Å². The number of hydrogen-bond donors (Lipinski definition) is 1. The van der Waals surface area contributed by atoms with Gasteiger partial charge in [-0.1, -0.05) is 24.3 Å². The number of pyridine rings is 2. The highest BCUT2D eigenvalue weighted by molar-refractivity contribution is 9.10. The Labute approximate surface area is 252 Å². The fourth-order valence-corrected chi connectivity index (χ4v) is 3.94. The molecule has 0 bridgehead atoms. The fraction of sp³-hybridized carbons (Fsp3) is 0.143. The van der Waals surface area contributed by atoms with Crippen molar-refractivity contribution in [2.75, 3.05) is 0 Å². The minimum absolute atomic E-state index is 0.0282. The molecule has 0 saturated carbocycles. The number of rotatable bonds is 6. The fourth-order valence-electron chi connectivity index (χ4n) is 3.56. The van der Waals surface area contributed by atoms with Gasteiger partial charge in [-0.05, 0) is 63.5 Å². The van der Waals surface area contributed by atoms with E-state index in [-0.39, 0.29) is 35.7 Å². The highest BCUT2D eigenvalue weighted by atomic mass is 79.9. The van der Waals surface area contributed by atoms with Gasteiger partial charge in [-0.3, -0.25) is 9.59 Å². The van der Waals surface area contributed by atoms with Crippen LogP contribution in [0.15, 0.2) is 87.1 Å². The first-order valence-corrected chi connectivity index (χ1v) is 12.7. The molecular weight excluding hydrogens is 666 g/mol. The van der Waals surface area contributed by atoms with Gasteiger partial charge >= 0.3 is 12.7 Å². The Kier molecular flexibility index (Phi) is 10.5. The van der Waals surface area contributed by atoms with E-state index >= 15 is 0 Å². The molecule has 0 amide bonds. The van der Waals surface area contributed by atoms with E-state index in [9.17, 15) is 41.0 Å². The number of ether oxygens (including phenoxy) is 2. The molecule has 9 nitrogen and oxygen atoms in total. The van der Waals surface area contributed by atoms with Crippen LogP contribution in [0, 0.1) is 22.7 Å². The average molecular weight is 683 g/mol. The SMILES string of the molecule is N#Cc1c(Br)ccn(Cc2ccc(OC(F)(F)F)cc2)c1=O.N#Cc1c(O)ccn(Cc2ccc(OC(F)(F)F)cc2)c1=O. The summed E-state index contributed by atoms with van der Waals surface area (Å²) in [5.74, 6) is -1.12. The van der Waals surface area contributed by atoms with Crippen molar-refractivity contribution in [2.24, 2.45) is 0 Å². The van der Waals surface area contributed by atoms with Gasteiger partial charge in [0.15, 0.2) is 5.56 Å². The molecule has 4 aromatic rings. The molecular formula is C28H17BrF6N4O5. The molecule has 44 heavy (non-hydrogen) atoms. The molecule has 0 unspecified atom stereocenters. The molecule has 16 heteroatoms. The van der Waals surface area contributed by atoms with Crippen molar-refractivity contribution in [1.29, 1.82) is 10.5 Å². The highest BCUT2D eigenvalue weighted by Crippen LogP contribution is 2.24. The second-order valence-electron chi connectivity index (χ2n) is 8.59. The van der Waals surface area contributed by atoms with Gasteiger partial charge in [0.25, 0.3) is 11.1 Å². The third-order valence-corrected chi connectivity index (χ3v) is 6.16. The Bertz CT molecular complexity index is 1690. The molecule has 4 rings (SSSR count). The van der Waals surface area contributed by atoms with Gasteiger partial charge in [0, 0.05) is 16.9 Å². The van der Waals surface area contributed by atoms with Gasteiger partial charge < -0.3 is 23.7 Å². The van der Waals surface area contributed by atoms with E-state index in [2.05, 4.69) is 25.4 Å². The minimum atomic E-state index is -4.77. The number of nitrogens with zero attached hydrogens (tertiary/aromatic N) is 4. The van der Waals surface area contributed by atoms with Crippen molar-refractivity contribution >= 4 is 15.9 Å². The lowest BCUT2D eigenvalue weighted by Gasteiger charge is -2.10. The first kappa shape index (κ1) is 33.3. The van der Waals surface area contributed by atoms with E-state index in [0.29, 0.717) is 15.6 Å². The van der Waals surface area contributed by atoms with Gasteiger partial charge in [-0.15, -0.1) is 26.3 Å². The summed E-state index contributed by atoms with van der Waals surface area (Å²) in [4.78, 5) is 23.9. The highest BCUT2D eigenvalue weighted by Gasteiger charge is 2.31. The third-order valence-electron chi connectivity index (χ3n) is 5.50. The van der Waals surface area contributed by atoms with Crippen LogP contribution in [0.25, 0.3) is 0 Å². The Balaban J connectivity index is 0.000000240. The number of hydrogen-bond acceptors (Lipinski definition) is 7. The van der Waals surface area contributed by atoms with Gasteiger partial charge in [-0.25, -0.2) is 0 Å². The number of benzene rings is 2. The normalized spacial score (nSPS) is 11.0. The van der Waals surface area contributed by atoms with Gasteiger partial charge in [0.1, 0.15) is 35.0 Å². The van der Waals surface area contributed by atoms with Crippen LogP contribution in [0.3, 0.4) is 0 Å². The summed E-state index contributed by atoms with van der Waals surface area (Å²) in [7, 11) is 0. The van der Waals surface area contributed by atoms with Crippen LogP contribution in [-0.2, 0) is 13.1 Å². The molecule has 0 aliphatic carbocycles. The zero-order valence-corrected chi connectivity index (χ0v) is 23.4. The summed E-state index contributed by atoms with van der Waals surface area (Å²) in [5.41, 5.74) is -0.446. The summed E-state index contributed by atoms with van der Waals surface area (Å²) in [6.45, 7) is 0.174. The number of alkyl halides is 6. The average Bonchev–Trinajstić information content (AvgIpc) is 2.93. The first-order chi connectivity index (χ1) is 20.6. The molecule has 1 N–H and O–H groups in total. The van der Waals surface area contributed by atoms with Crippen molar-refractivity contribution in [1.82, 2.24) is 9.13 Å². The van der Waals surface area contributed by atoms with Crippen molar-refractivity contribution < 1.29 is 40.9 Å². The predicted molar refractivity (Wildman–Crippen MR) is 145 cm³/mol. The monoisotopic (exact) mass is 682 g/mol. The molecule has 0 aliphatic heterocycles. The predicted octanol–water partition coefficient (Wildman–Crippen LogP) is 5.80. The zero-order valence-electron chi connectivity index (χ0n) is 21.9. The maximum Gasteiger partial charge on any atom is 0.573 e. The molecule has 0 fully saturated rings. The van der Waals surface area contributed by atoms with Gasteiger partial charge in [0.05, 0.1) is 13.1 Å². The Hall–Kier alpha value is -5.22. The number of halogens is 7. The number of aromatic nitrogens is 2. The lowest BCUT2D eigenvalue weighted by Crippen LogP contribution is -2.22. The zero-order chi connectivity index (χ0) is 32.7. The lowest BCUT2D eigenvalue weighted by atomic mass is 10.2. The van der Waals surface area contributed by atoms with Crippen LogP contribution in [0.4, 0.5) is 26.3 Å². The van der Waals surface area contributed by atoms with E-state index in [4.69, 9.17) is 10.5 Å². The molecule has 0 spiro atoms. The first-order valence-electron chi connectivity index (χ1n) is 11.9. The summed E-state index contributed by atoms with van der Waals surface area (Å²) in [6, 6.07) is 16.3. The van der Waals surface area contributed by atoms with Crippen molar-refractivity contribution in [3.05, 3.63) is 120 Å². The largest absolute Gasteiger partial charge is 0.573 e. The number of aromatic hydroxyl groups is 1. The second-order valence-corrected chi connectivity index (χ2v) is 9.44. The van der Waals surface area contributed by atoms with Crippen LogP contribution < -0.4 is 20.6 Å². The van der Waals surface area contributed by atoms with Gasteiger partial charge in [-0.2, -0.15) is 10.5 Å². The van der Waals surface area contributed by atoms with E-state index < -0.39 is 29.6 Å². The van der Waals surface area contributed by atoms with E-state index in [1.54, 1.807) is 18.2 Å². The van der Waals surface area contributed by atoms with Crippen molar-refractivity contribution in [3.63, 3.8) is 0 Å². The molecule has 2 heterocycles. The lowest BCUT2D eigenvalue weighted by molar-refractivity contribution is -0.275. The Morgan fingerprint density at radius 3 is 1.45 bits per heavy atom. The molecule has 0 aliphatic rings. The smallest absolute Gasteiger partial charge is 0.506 e. The van der Waals surface area contributed by atoms with Crippen molar-refractivity contribution in [2.45, 2.75) is 25.8 Å². The standard InChI is InChI=1S/C14H8BrF3N2O2.C14H9F3N2O3/c15-12-5-6-20(13(21)11(12)7-19)8-9-1-3-10(4-2-9)22-14(16,17)18;15-14(16,17)22-10-3-1-9(2-4-10)8-19-6-5-12(20)11(7-18)13(19)21/h1-6H,8H2;1-6,20H,8H2. The third kappa shape index (κ3) is 9.40. The Morgan fingerprint density at radius 1 is 0.682 bits per heavy atom. The summed E-state index contributed by atoms with van der Waals surface area (Å²) < 4.78 is 82.7. The van der Waals surface area contributed by atoms with E-state index in [0.717, 1.165) is 28.8 Å². The minimum Gasteiger partial charge on any atom is -0.506 e. The van der Waals surface area contributed by atoms with E-state index in [1.165, 1.54) is 47.3 Å².